The number of pyridine rings is 2. The number of aromatic nitrogens is 2. The number of thiocarbonyl (C=S) groups is 1. The maximum atomic E-state index is 14.7. The lowest BCUT2D eigenvalue weighted by atomic mass is 9.96. The average molecular weight is 553 g/mol. The lowest BCUT2D eigenvalue weighted by Crippen LogP contribution is -2.40. The molecule has 1 fully saturated rings. The third kappa shape index (κ3) is 5.32. The maximum absolute atomic E-state index is 14.7. The van der Waals surface area contributed by atoms with Crippen LogP contribution in [0.5, 0.6) is 0 Å². The Morgan fingerprint density at radius 1 is 1.21 bits per heavy atom. The number of hydrogen-bond donors (Lipinski definition) is 3. The molecule has 8 nitrogen and oxygen atoms in total. The molecule has 1 aliphatic heterocycles. The van der Waals surface area contributed by atoms with E-state index in [0.717, 1.165) is 16.7 Å². The Morgan fingerprint density at radius 2 is 2.05 bits per heavy atom. The van der Waals surface area contributed by atoms with E-state index in [2.05, 4.69) is 25.9 Å². The first kappa shape index (κ1) is 26.0. The predicted octanol–water partition coefficient (Wildman–Crippen LogP) is 3.08. The molecule has 0 radical (unpaired) electrons. The number of nitrogens with one attached hydrogen (secondary N) is 3. The molecule has 196 valence electrons. The van der Waals surface area contributed by atoms with Crippen LogP contribution in [0.3, 0.4) is 0 Å². The summed E-state index contributed by atoms with van der Waals surface area (Å²) < 4.78 is 14.7. The Morgan fingerprint density at radius 3 is 2.82 bits per heavy atom. The number of likely N-dealkylation sites (N-methyl/N-ethyl adjacent to an activating group) is 1. The molecule has 11 heteroatoms. The SMILES string of the molecule is CN1CCC(NC(=O)c2cnc(CNC(=S)NC3c4cnccc4CCc4c(F)cccc43)c(Cl)c2)C1=O. The molecule has 1 saturated heterocycles. The van der Waals surface area contributed by atoms with E-state index < -0.39 is 11.9 Å². The van der Waals surface area contributed by atoms with Crippen molar-refractivity contribution in [3.05, 3.63) is 93.3 Å². The van der Waals surface area contributed by atoms with Gasteiger partial charge in [0.1, 0.15) is 11.9 Å². The summed E-state index contributed by atoms with van der Waals surface area (Å²) in [5.41, 5.74) is 4.27. The molecule has 38 heavy (non-hydrogen) atoms. The van der Waals surface area contributed by atoms with Crippen molar-refractivity contribution in [2.24, 2.45) is 0 Å². The summed E-state index contributed by atoms with van der Waals surface area (Å²) in [6.45, 7) is 0.811. The molecule has 2 aliphatic rings. The molecule has 5 rings (SSSR count). The van der Waals surface area contributed by atoms with Gasteiger partial charge in [-0.1, -0.05) is 23.7 Å². The zero-order valence-corrected chi connectivity index (χ0v) is 22.2. The van der Waals surface area contributed by atoms with Crippen molar-refractivity contribution >= 4 is 40.7 Å². The van der Waals surface area contributed by atoms with E-state index in [9.17, 15) is 14.0 Å². The van der Waals surface area contributed by atoms with Crippen LogP contribution in [0.1, 0.15) is 50.8 Å². The van der Waals surface area contributed by atoms with Gasteiger partial charge in [-0.05, 0) is 66.4 Å². The second-order valence-electron chi connectivity index (χ2n) is 9.37. The number of fused-ring (bicyclic) bond motifs is 2. The molecular formula is C27H26ClFN6O2S. The van der Waals surface area contributed by atoms with Crippen molar-refractivity contribution in [3.8, 4) is 0 Å². The molecule has 3 N–H and O–H groups in total. The van der Waals surface area contributed by atoms with E-state index in [1.54, 1.807) is 30.4 Å². The smallest absolute Gasteiger partial charge is 0.253 e. The first-order chi connectivity index (χ1) is 18.3. The summed E-state index contributed by atoms with van der Waals surface area (Å²) in [6, 6.07) is 7.63. The van der Waals surface area contributed by atoms with Crippen LogP contribution in [0.2, 0.25) is 5.02 Å². The molecule has 2 unspecified atom stereocenters. The van der Waals surface area contributed by atoms with Gasteiger partial charge in [0, 0.05) is 37.7 Å². The number of amides is 2. The van der Waals surface area contributed by atoms with E-state index in [1.165, 1.54) is 18.3 Å². The minimum Gasteiger partial charge on any atom is -0.357 e. The van der Waals surface area contributed by atoms with Gasteiger partial charge in [-0.2, -0.15) is 0 Å². The summed E-state index contributed by atoms with van der Waals surface area (Å²) >= 11 is 12.0. The Labute approximate surface area is 230 Å². The van der Waals surface area contributed by atoms with Gasteiger partial charge in [0.25, 0.3) is 5.91 Å². The van der Waals surface area contributed by atoms with Crippen LogP contribution in [-0.2, 0) is 24.2 Å². The highest BCUT2D eigenvalue weighted by atomic mass is 35.5. The van der Waals surface area contributed by atoms with Crippen LogP contribution in [0.4, 0.5) is 4.39 Å². The van der Waals surface area contributed by atoms with Gasteiger partial charge in [-0.3, -0.25) is 19.6 Å². The molecule has 0 bridgehead atoms. The summed E-state index contributed by atoms with van der Waals surface area (Å²) in [5.74, 6) is -0.758. The highest BCUT2D eigenvalue weighted by molar-refractivity contribution is 7.80. The van der Waals surface area contributed by atoms with E-state index >= 15 is 0 Å². The third-order valence-electron chi connectivity index (χ3n) is 6.97. The Hall–Kier alpha value is -3.63. The maximum Gasteiger partial charge on any atom is 0.253 e. The number of carbonyl (C=O) groups excluding carboxylic acids is 2. The number of benzene rings is 1. The second kappa shape index (κ2) is 11.0. The summed E-state index contributed by atoms with van der Waals surface area (Å²) in [6.07, 6.45) is 6.80. The average Bonchev–Trinajstić information content (AvgIpc) is 3.13. The highest BCUT2D eigenvalue weighted by Gasteiger charge is 2.31. The number of halogens is 2. The van der Waals surface area contributed by atoms with Crippen molar-refractivity contribution in [3.63, 3.8) is 0 Å². The predicted molar refractivity (Wildman–Crippen MR) is 145 cm³/mol. The molecule has 3 aromatic rings. The molecule has 0 saturated carbocycles. The van der Waals surface area contributed by atoms with Crippen molar-refractivity contribution in [1.82, 2.24) is 30.8 Å². The summed E-state index contributed by atoms with van der Waals surface area (Å²) in [7, 11) is 1.70. The number of carbonyl (C=O) groups is 2. The van der Waals surface area contributed by atoms with E-state index in [1.807, 2.05) is 12.1 Å². The van der Waals surface area contributed by atoms with Crippen LogP contribution < -0.4 is 16.0 Å². The largest absolute Gasteiger partial charge is 0.357 e. The molecule has 2 amide bonds. The molecule has 3 heterocycles. The fraction of sp³-hybridized carbons (Fsp3) is 0.296. The van der Waals surface area contributed by atoms with Gasteiger partial charge in [0.15, 0.2) is 5.11 Å². The molecule has 1 aromatic carbocycles. The number of nitrogens with zero attached hydrogens (tertiary/aromatic N) is 3. The third-order valence-corrected chi connectivity index (χ3v) is 7.56. The van der Waals surface area contributed by atoms with E-state index in [4.69, 9.17) is 23.8 Å². The van der Waals surface area contributed by atoms with Crippen molar-refractivity contribution in [1.29, 1.82) is 0 Å². The lowest BCUT2D eigenvalue weighted by molar-refractivity contribution is -0.128. The van der Waals surface area contributed by atoms with Gasteiger partial charge in [-0.15, -0.1) is 0 Å². The fourth-order valence-corrected chi connectivity index (χ4v) is 5.30. The number of hydrogen-bond acceptors (Lipinski definition) is 5. The fourth-order valence-electron chi connectivity index (χ4n) is 4.88. The number of rotatable bonds is 5. The number of aryl methyl sites for hydroxylation is 1. The second-order valence-corrected chi connectivity index (χ2v) is 10.2. The summed E-state index contributed by atoms with van der Waals surface area (Å²) in [5, 5.41) is 9.78. The minimum absolute atomic E-state index is 0.114. The zero-order valence-electron chi connectivity index (χ0n) is 20.6. The van der Waals surface area contributed by atoms with Crippen LogP contribution in [0.25, 0.3) is 0 Å². The molecule has 0 spiro atoms. The summed E-state index contributed by atoms with van der Waals surface area (Å²) in [4.78, 5) is 34.9. The van der Waals surface area contributed by atoms with E-state index in [-0.39, 0.29) is 29.9 Å². The standard InChI is InChI=1S/C27H26ClFN6O2S/c1-35-10-8-22(26(35)37)33-25(36)16-11-20(28)23(31-12-16)14-32-27(38)34-24-18-3-2-4-21(29)17(18)6-5-15-7-9-30-13-19(15)24/h2-4,7,9,11-13,22,24H,5-6,8,10,14H2,1H3,(H,33,36)(H2,32,34,38). The van der Waals surface area contributed by atoms with Gasteiger partial charge in [0.05, 0.1) is 28.9 Å². The highest BCUT2D eigenvalue weighted by Crippen LogP contribution is 2.33. The van der Waals surface area contributed by atoms with Gasteiger partial charge in [0.2, 0.25) is 5.91 Å². The molecule has 1 aliphatic carbocycles. The van der Waals surface area contributed by atoms with Crippen molar-refractivity contribution in [2.45, 2.75) is 37.9 Å². The molecule has 2 aromatic heterocycles. The minimum atomic E-state index is -0.543. The number of likely N-dealkylation sites (tertiary alicyclic amines) is 1. The lowest BCUT2D eigenvalue weighted by Gasteiger charge is -2.23. The van der Waals surface area contributed by atoms with Crippen LogP contribution in [0.15, 0.2) is 48.9 Å². The van der Waals surface area contributed by atoms with E-state index in [0.29, 0.717) is 47.2 Å². The molecular weight excluding hydrogens is 527 g/mol. The van der Waals surface area contributed by atoms with Crippen molar-refractivity contribution < 1.29 is 14.0 Å². The topological polar surface area (TPSA) is 99.2 Å². The van der Waals surface area contributed by atoms with Crippen LogP contribution >= 0.6 is 23.8 Å². The van der Waals surface area contributed by atoms with Gasteiger partial charge < -0.3 is 20.9 Å². The Balaban J connectivity index is 1.26. The quantitative estimate of drug-likeness (QED) is 0.418. The zero-order chi connectivity index (χ0) is 26.8. The molecule has 2 atom stereocenters. The first-order valence-electron chi connectivity index (χ1n) is 12.3. The van der Waals surface area contributed by atoms with Gasteiger partial charge >= 0.3 is 0 Å². The monoisotopic (exact) mass is 552 g/mol. The Kier molecular flexibility index (Phi) is 7.53. The Bertz CT molecular complexity index is 1420. The van der Waals surface area contributed by atoms with Crippen LogP contribution in [-0.4, -0.2) is 51.4 Å². The van der Waals surface area contributed by atoms with Crippen LogP contribution in [0, 0.1) is 5.82 Å². The van der Waals surface area contributed by atoms with Crippen molar-refractivity contribution in [2.75, 3.05) is 13.6 Å². The first-order valence-corrected chi connectivity index (χ1v) is 13.0. The van der Waals surface area contributed by atoms with Gasteiger partial charge in [-0.25, -0.2) is 4.39 Å². The normalized spacial score (nSPS) is 18.3.